The molecule has 0 bridgehead atoms. The molecule has 0 fully saturated rings. The average molecular weight is 323 g/mol. The van der Waals surface area contributed by atoms with Gasteiger partial charge in [-0.1, -0.05) is 11.3 Å². The third-order valence-electron chi connectivity index (χ3n) is 2.41. The predicted octanol–water partition coefficient (Wildman–Crippen LogP) is 0.431. The summed E-state index contributed by atoms with van der Waals surface area (Å²) in [5.41, 5.74) is 4.00. The van der Waals surface area contributed by atoms with Crippen molar-refractivity contribution in [1.29, 1.82) is 0 Å². The molecule has 0 aliphatic heterocycles. The van der Waals surface area contributed by atoms with E-state index in [4.69, 9.17) is 10.8 Å². The van der Waals surface area contributed by atoms with Crippen LogP contribution >= 0.6 is 19.1 Å². The molecule has 1 atom stereocenters. The Balaban J connectivity index is 2.77. The van der Waals surface area contributed by atoms with E-state index in [0.717, 1.165) is 11.4 Å². The van der Waals surface area contributed by atoms with Crippen LogP contribution in [-0.2, 0) is 4.79 Å². The standard InChI is InChI=1S/C9H11N2O7PS/c10-6(8(12)13)1-2-19(17,18)9(14)5-3-7(11(15)16)20-4-5/h3-4,6,17-18H,1-2,10H2/p+1/t6-/m0/s1. The molecule has 0 unspecified atom stereocenters. The van der Waals surface area contributed by atoms with Crippen molar-refractivity contribution in [2.45, 2.75) is 12.5 Å². The van der Waals surface area contributed by atoms with Gasteiger partial charge in [0.25, 0.3) is 0 Å². The van der Waals surface area contributed by atoms with Gasteiger partial charge in [-0.3, -0.25) is 14.9 Å². The zero-order valence-corrected chi connectivity index (χ0v) is 11.7. The molecule has 5 N–H and O–H groups in total. The Labute approximate surface area is 117 Å². The van der Waals surface area contributed by atoms with Gasteiger partial charge >= 0.3 is 24.2 Å². The monoisotopic (exact) mass is 323 g/mol. The van der Waals surface area contributed by atoms with Crippen molar-refractivity contribution in [3.05, 3.63) is 27.1 Å². The van der Waals surface area contributed by atoms with Gasteiger partial charge in [-0.2, -0.15) is 0 Å². The highest BCUT2D eigenvalue weighted by Gasteiger charge is 2.45. The summed E-state index contributed by atoms with van der Waals surface area (Å²) in [6.45, 7) is 0. The fourth-order valence-corrected chi connectivity index (χ4v) is 3.46. The molecule has 1 heterocycles. The van der Waals surface area contributed by atoms with E-state index in [0.29, 0.717) is 11.3 Å². The molecule has 1 aromatic rings. The molecule has 0 aromatic carbocycles. The molecule has 0 aliphatic rings. The number of hydrogen-bond donors (Lipinski definition) is 4. The van der Waals surface area contributed by atoms with Crippen molar-refractivity contribution >= 4 is 35.5 Å². The fraction of sp³-hybridized carbons (Fsp3) is 0.333. The molecule has 11 heteroatoms. The SMILES string of the molecule is N[C@@H](CC[P+](O)(O)C(=O)c1csc([N+](=O)[O-])c1)C(=O)O. The second-order valence-corrected chi connectivity index (χ2v) is 7.13. The van der Waals surface area contributed by atoms with Crippen molar-refractivity contribution in [3.63, 3.8) is 0 Å². The van der Waals surface area contributed by atoms with Gasteiger partial charge < -0.3 is 10.8 Å². The predicted molar refractivity (Wildman–Crippen MR) is 71.8 cm³/mol. The molecule has 20 heavy (non-hydrogen) atoms. The van der Waals surface area contributed by atoms with Gasteiger partial charge in [-0.05, 0) is 0 Å². The molecule has 0 saturated heterocycles. The molecule has 110 valence electrons. The number of thiophene rings is 1. The number of carbonyl (C=O) groups is 2. The average Bonchev–Trinajstić information content (AvgIpc) is 2.84. The summed E-state index contributed by atoms with van der Waals surface area (Å²) >= 11 is 0.688. The number of aliphatic carboxylic acids is 1. The van der Waals surface area contributed by atoms with Gasteiger partial charge in [-0.25, -0.2) is 14.6 Å². The number of nitro groups is 1. The van der Waals surface area contributed by atoms with E-state index in [9.17, 15) is 29.5 Å². The van der Waals surface area contributed by atoms with E-state index in [1.807, 2.05) is 0 Å². The van der Waals surface area contributed by atoms with Gasteiger partial charge in [0.05, 0.1) is 10.5 Å². The van der Waals surface area contributed by atoms with Crippen molar-refractivity contribution in [1.82, 2.24) is 0 Å². The van der Waals surface area contributed by atoms with Crippen molar-refractivity contribution in [2.24, 2.45) is 5.73 Å². The van der Waals surface area contributed by atoms with Crippen molar-refractivity contribution in [3.8, 4) is 0 Å². The first-order valence-electron chi connectivity index (χ1n) is 5.25. The number of hydrogen-bond acceptors (Lipinski definition) is 8. The topological polar surface area (TPSA) is 164 Å². The number of carboxylic acid groups (broad SMARTS) is 1. The summed E-state index contributed by atoms with van der Waals surface area (Å²) in [5, 5.41) is 19.9. The Kier molecular flexibility index (Phi) is 5.26. The first-order chi connectivity index (χ1) is 9.15. The lowest BCUT2D eigenvalue weighted by Crippen LogP contribution is -2.31. The largest absolute Gasteiger partial charge is 0.480 e. The van der Waals surface area contributed by atoms with Crippen LogP contribution in [0.3, 0.4) is 0 Å². The highest BCUT2D eigenvalue weighted by atomic mass is 32.1. The maximum absolute atomic E-state index is 11.8. The van der Waals surface area contributed by atoms with Gasteiger partial charge in [0.2, 0.25) is 0 Å². The van der Waals surface area contributed by atoms with E-state index >= 15 is 0 Å². The minimum Gasteiger partial charge on any atom is -0.480 e. The lowest BCUT2D eigenvalue weighted by molar-refractivity contribution is -0.380. The molecule has 0 saturated carbocycles. The molecular weight excluding hydrogens is 311 g/mol. The number of rotatable bonds is 7. The normalized spacial score (nSPS) is 12.9. The maximum Gasteiger partial charge on any atom is 0.357 e. The van der Waals surface area contributed by atoms with Crippen LogP contribution < -0.4 is 5.73 Å². The first-order valence-corrected chi connectivity index (χ1v) is 8.01. The summed E-state index contributed by atoms with van der Waals surface area (Å²) in [4.78, 5) is 51.6. The molecule has 0 aliphatic carbocycles. The second kappa shape index (κ2) is 6.33. The van der Waals surface area contributed by atoms with E-state index in [1.165, 1.54) is 0 Å². The van der Waals surface area contributed by atoms with E-state index in [-0.39, 0.29) is 17.0 Å². The minimum atomic E-state index is -4.06. The summed E-state index contributed by atoms with van der Waals surface area (Å²) < 4.78 is 0. The number of carbonyl (C=O) groups excluding carboxylic acids is 1. The van der Waals surface area contributed by atoms with Crippen molar-refractivity contribution < 1.29 is 29.4 Å². The van der Waals surface area contributed by atoms with Crippen LogP contribution in [0.4, 0.5) is 5.00 Å². The Bertz CT molecular complexity index is 544. The minimum absolute atomic E-state index is 0.177. The lowest BCUT2D eigenvalue weighted by atomic mass is 10.2. The third kappa shape index (κ3) is 4.02. The van der Waals surface area contributed by atoms with Gasteiger partial charge in [-0.15, -0.1) is 0 Å². The van der Waals surface area contributed by atoms with Crippen LogP contribution in [-0.4, -0.2) is 43.5 Å². The third-order valence-corrected chi connectivity index (χ3v) is 5.08. The molecular formula is C9H12N2O7PS+. The molecule has 0 amide bonds. The van der Waals surface area contributed by atoms with E-state index in [1.54, 1.807) is 0 Å². The number of nitrogens with zero attached hydrogens (tertiary/aromatic N) is 1. The summed E-state index contributed by atoms with van der Waals surface area (Å²) in [7, 11) is -4.06. The molecule has 1 aromatic heterocycles. The number of carboxylic acids is 1. The Morgan fingerprint density at radius 1 is 1.50 bits per heavy atom. The van der Waals surface area contributed by atoms with Gasteiger partial charge in [0, 0.05) is 17.9 Å². The van der Waals surface area contributed by atoms with E-state index in [2.05, 4.69) is 0 Å². The van der Waals surface area contributed by atoms with Crippen LogP contribution in [0.5, 0.6) is 0 Å². The molecule has 0 radical (unpaired) electrons. The van der Waals surface area contributed by atoms with Gasteiger partial charge in [0.1, 0.15) is 12.2 Å². The molecule has 9 nitrogen and oxygen atoms in total. The highest BCUT2D eigenvalue weighted by molar-refractivity contribution is 7.81. The Morgan fingerprint density at radius 3 is 2.55 bits per heavy atom. The van der Waals surface area contributed by atoms with Crippen LogP contribution in [0.15, 0.2) is 11.4 Å². The van der Waals surface area contributed by atoms with Crippen LogP contribution in [0.1, 0.15) is 16.8 Å². The number of nitrogens with two attached hydrogens (primary N) is 1. The van der Waals surface area contributed by atoms with Crippen LogP contribution in [0, 0.1) is 10.1 Å². The maximum atomic E-state index is 11.8. The molecule has 1 rings (SSSR count). The Hall–Kier alpha value is -1.45. The first kappa shape index (κ1) is 16.6. The van der Waals surface area contributed by atoms with E-state index < -0.39 is 36.3 Å². The van der Waals surface area contributed by atoms with Crippen LogP contribution in [0.25, 0.3) is 0 Å². The zero-order valence-electron chi connectivity index (χ0n) is 10.0. The zero-order chi connectivity index (χ0) is 15.5. The summed E-state index contributed by atoms with van der Waals surface area (Å²) in [6, 6.07) is -0.357. The van der Waals surface area contributed by atoms with Crippen LogP contribution in [0.2, 0.25) is 0 Å². The van der Waals surface area contributed by atoms with Crippen molar-refractivity contribution in [2.75, 3.05) is 6.16 Å². The van der Waals surface area contributed by atoms with Gasteiger partial charge in [0.15, 0.2) is 0 Å². The summed E-state index contributed by atoms with van der Waals surface area (Å²) in [5.74, 6) is -1.32. The highest BCUT2D eigenvalue weighted by Crippen LogP contribution is 2.54. The Morgan fingerprint density at radius 2 is 2.10 bits per heavy atom. The fourth-order valence-electron chi connectivity index (χ4n) is 1.28. The lowest BCUT2D eigenvalue weighted by Gasteiger charge is -2.11. The molecule has 0 spiro atoms. The second-order valence-electron chi connectivity index (χ2n) is 3.92. The summed E-state index contributed by atoms with van der Waals surface area (Å²) in [6.07, 6.45) is -0.767. The smallest absolute Gasteiger partial charge is 0.357 e. The quantitative estimate of drug-likeness (QED) is 0.318.